The topological polar surface area (TPSA) is 161 Å². The Bertz CT molecular complexity index is 1410. The average molecular weight is 573 g/mol. The Labute approximate surface area is 231 Å². The molecule has 10 nitrogen and oxygen atoms in total. The maximum absolute atomic E-state index is 11.3. The van der Waals surface area contributed by atoms with Crippen LogP contribution in [0.1, 0.15) is 23.6 Å². The van der Waals surface area contributed by atoms with E-state index in [1.54, 1.807) is 43.8 Å². The lowest BCUT2D eigenvalue weighted by Crippen LogP contribution is -2.21. The van der Waals surface area contributed by atoms with Crippen molar-refractivity contribution in [3.63, 3.8) is 0 Å². The molecule has 0 saturated heterocycles. The third-order valence-electron chi connectivity index (χ3n) is 4.82. The molecule has 3 rings (SSSR count). The molecular formula is C26H23F3N6O4S. The van der Waals surface area contributed by atoms with Gasteiger partial charge in [0, 0.05) is 50.0 Å². The zero-order chi connectivity index (χ0) is 29.7. The molecule has 1 amide bonds. The van der Waals surface area contributed by atoms with Crippen LogP contribution in [0, 0.1) is 22.7 Å². The van der Waals surface area contributed by atoms with Gasteiger partial charge in [0.25, 0.3) is 0 Å². The number of alkyl halides is 3. The maximum Gasteiger partial charge on any atom is 0.490 e. The molecule has 0 radical (unpaired) electrons. The largest absolute Gasteiger partial charge is 0.490 e. The zero-order valence-electron chi connectivity index (χ0n) is 21.2. The zero-order valence-corrected chi connectivity index (χ0v) is 22.1. The summed E-state index contributed by atoms with van der Waals surface area (Å²) in [5.41, 5.74) is 3.40. The predicted molar refractivity (Wildman–Crippen MR) is 141 cm³/mol. The molecule has 0 spiro atoms. The number of ether oxygens (including phenoxy) is 1. The Morgan fingerprint density at radius 3 is 2.27 bits per heavy atom. The van der Waals surface area contributed by atoms with Crippen molar-refractivity contribution in [1.82, 2.24) is 9.97 Å². The molecule has 2 heterocycles. The lowest BCUT2D eigenvalue weighted by atomic mass is 9.96. The third kappa shape index (κ3) is 9.27. The van der Waals surface area contributed by atoms with Crippen LogP contribution in [0.3, 0.4) is 0 Å². The molecule has 0 aliphatic heterocycles. The number of carbonyl (C=O) groups excluding carboxylic acids is 1. The molecule has 14 heteroatoms. The number of pyridine rings is 2. The first kappa shape index (κ1) is 31.6. The number of benzene rings is 1. The van der Waals surface area contributed by atoms with E-state index in [0.29, 0.717) is 52.1 Å². The predicted octanol–water partition coefficient (Wildman–Crippen LogP) is 4.83. The quantitative estimate of drug-likeness (QED) is 0.239. The van der Waals surface area contributed by atoms with Gasteiger partial charge in [0.15, 0.2) is 0 Å². The number of carboxylic acids is 1. The summed E-state index contributed by atoms with van der Waals surface area (Å²) in [4.78, 5) is 29.0. The molecule has 3 N–H and O–H groups in total. The maximum atomic E-state index is 11.3. The highest BCUT2D eigenvalue weighted by Crippen LogP contribution is 2.37. The second-order valence-corrected chi connectivity index (χ2v) is 8.71. The number of nitrogens with one attached hydrogen (secondary N) is 2. The van der Waals surface area contributed by atoms with Crippen molar-refractivity contribution in [3.05, 3.63) is 65.5 Å². The van der Waals surface area contributed by atoms with Crippen molar-refractivity contribution >= 4 is 35.1 Å². The van der Waals surface area contributed by atoms with Gasteiger partial charge in [-0.05, 0) is 29.3 Å². The standard InChI is InChI=1S/C24H22N6O2S.C2HF3O2/c1-16(31)29-19-7-5-18(6-8-19)22-20(12-25)23(28-10-11-32-2)30-24(21(22)13-26)33-15-17-4-3-9-27-14-17;3-2(4,5)1(6)7/h3-9,14H,10-11,15H2,1-2H3,(H,28,30)(H,29,31);(H,6,7). The smallest absolute Gasteiger partial charge is 0.475 e. The van der Waals surface area contributed by atoms with E-state index in [0.717, 1.165) is 5.56 Å². The van der Waals surface area contributed by atoms with Crippen LogP contribution in [0.5, 0.6) is 0 Å². The summed E-state index contributed by atoms with van der Waals surface area (Å²) in [7, 11) is 1.59. The van der Waals surface area contributed by atoms with Crippen molar-refractivity contribution < 1.29 is 32.6 Å². The first-order valence-corrected chi connectivity index (χ1v) is 12.3. The highest BCUT2D eigenvalue weighted by Gasteiger charge is 2.38. The molecule has 0 bridgehead atoms. The summed E-state index contributed by atoms with van der Waals surface area (Å²) in [6.45, 7) is 2.32. The van der Waals surface area contributed by atoms with Gasteiger partial charge in [-0.3, -0.25) is 9.78 Å². The molecule has 2 aromatic heterocycles. The van der Waals surface area contributed by atoms with Gasteiger partial charge in [0.2, 0.25) is 5.91 Å². The van der Waals surface area contributed by atoms with Crippen molar-refractivity contribution in [2.24, 2.45) is 0 Å². The Morgan fingerprint density at radius 2 is 1.77 bits per heavy atom. The molecule has 0 aliphatic rings. The molecule has 0 unspecified atom stereocenters. The number of nitriles is 2. The first-order chi connectivity index (χ1) is 19.0. The van der Waals surface area contributed by atoms with Crippen LogP contribution >= 0.6 is 11.8 Å². The van der Waals surface area contributed by atoms with E-state index in [4.69, 9.17) is 14.6 Å². The molecule has 0 saturated carbocycles. The molecule has 3 aromatic rings. The summed E-state index contributed by atoms with van der Waals surface area (Å²) >= 11 is 1.41. The monoisotopic (exact) mass is 572 g/mol. The minimum absolute atomic E-state index is 0.180. The highest BCUT2D eigenvalue weighted by molar-refractivity contribution is 7.98. The SMILES string of the molecule is COCCNc1nc(SCc2cccnc2)c(C#N)c(-c2ccc(NC(C)=O)cc2)c1C#N.O=C(O)C(F)(F)F. The summed E-state index contributed by atoms with van der Waals surface area (Å²) in [6.07, 6.45) is -1.61. The molecule has 208 valence electrons. The Morgan fingerprint density at radius 1 is 1.12 bits per heavy atom. The van der Waals surface area contributed by atoms with E-state index < -0.39 is 12.1 Å². The van der Waals surface area contributed by atoms with Gasteiger partial charge in [-0.25, -0.2) is 9.78 Å². The number of methoxy groups -OCH3 is 1. The number of halogens is 3. The number of anilines is 2. The first-order valence-electron chi connectivity index (χ1n) is 11.3. The third-order valence-corrected chi connectivity index (χ3v) is 5.87. The van der Waals surface area contributed by atoms with E-state index in [2.05, 4.69) is 32.7 Å². The number of nitrogens with zero attached hydrogens (tertiary/aromatic N) is 4. The second-order valence-electron chi connectivity index (χ2n) is 7.75. The fraction of sp³-hybridized carbons (Fsp3) is 0.231. The van der Waals surface area contributed by atoms with Crippen LogP contribution in [0.25, 0.3) is 11.1 Å². The number of thioether (sulfide) groups is 1. The minimum atomic E-state index is -5.08. The van der Waals surface area contributed by atoms with Gasteiger partial charge in [-0.1, -0.05) is 18.2 Å². The van der Waals surface area contributed by atoms with Crippen LogP contribution in [0.15, 0.2) is 53.8 Å². The number of rotatable bonds is 9. The fourth-order valence-corrected chi connectivity index (χ4v) is 4.05. The molecule has 40 heavy (non-hydrogen) atoms. The summed E-state index contributed by atoms with van der Waals surface area (Å²) in [5, 5.41) is 33.5. The molecule has 0 aliphatic carbocycles. The van der Waals surface area contributed by atoms with E-state index in [9.17, 15) is 28.5 Å². The normalized spacial score (nSPS) is 10.4. The Kier molecular flexibility index (Phi) is 11.9. The number of carboxylic acid groups (broad SMARTS) is 1. The minimum Gasteiger partial charge on any atom is -0.475 e. The number of hydrogen-bond donors (Lipinski definition) is 3. The van der Waals surface area contributed by atoms with E-state index >= 15 is 0 Å². The number of aliphatic carboxylic acids is 1. The van der Waals surface area contributed by atoms with Gasteiger partial charge in [0.05, 0.1) is 12.2 Å². The fourth-order valence-electron chi connectivity index (χ4n) is 3.13. The molecule has 0 atom stereocenters. The number of aromatic nitrogens is 2. The van der Waals surface area contributed by atoms with E-state index in [-0.39, 0.29) is 11.5 Å². The average Bonchev–Trinajstić information content (AvgIpc) is 2.92. The molecule has 0 fully saturated rings. The Balaban J connectivity index is 0.000000708. The van der Waals surface area contributed by atoms with Gasteiger partial charge in [-0.2, -0.15) is 23.7 Å². The van der Waals surface area contributed by atoms with Crippen molar-refractivity contribution in [1.29, 1.82) is 10.5 Å². The van der Waals surface area contributed by atoms with Crippen LogP contribution in [-0.4, -0.2) is 53.4 Å². The molecule has 1 aromatic carbocycles. The number of hydrogen-bond acceptors (Lipinski definition) is 9. The van der Waals surface area contributed by atoms with Gasteiger partial charge in [-0.15, -0.1) is 11.8 Å². The van der Waals surface area contributed by atoms with Crippen LogP contribution in [-0.2, 0) is 20.1 Å². The summed E-state index contributed by atoms with van der Waals surface area (Å²) in [6, 6.07) is 15.3. The highest BCUT2D eigenvalue weighted by atomic mass is 32.2. The summed E-state index contributed by atoms with van der Waals surface area (Å²) in [5.74, 6) is -1.98. The lowest BCUT2D eigenvalue weighted by Gasteiger charge is -2.16. The second kappa shape index (κ2) is 15.1. The van der Waals surface area contributed by atoms with Crippen LogP contribution in [0.2, 0.25) is 0 Å². The molecular weight excluding hydrogens is 549 g/mol. The summed E-state index contributed by atoms with van der Waals surface area (Å²) < 4.78 is 36.8. The van der Waals surface area contributed by atoms with E-state index in [1.165, 1.54) is 18.7 Å². The number of amides is 1. The lowest BCUT2D eigenvalue weighted by molar-refractivity contribution is -0.192. The van der Waals surface area contributed by atoms with Crippen LogP contribution < -0.4 is 10.6 Å². The van der Waals surface area contributed by atoms with Crippen molar-refractivity contribution in [3.8, 4) is 23.3 Å². The Hall–Kier alpha value is -4.66. The van der Waals surface area contributed by atoms with Gasteiger partial charge in [0.1, 0.15) is 28.5 Å². The van der Waals surface area contributed by atoms with Crippen LogP contribution in [0.4, 0.5) is 24.7 Å². The van der Waals surface area contributed by atoms with E-state index in [1.807, 2.05) is 12.1 Å². The van der Waals surface area contributed by atoms with Crippen molar-refractivity contribution in [2.45, 2.75) is 23.9 Å². The van der Waals surface area contributed by atoms with Crippen molar-refractivity contribution in [2.75, 3.05) is 30.9 Å². The van der Waals surface area contributed by atoms with Gasteiger partial charge < -0.3 is 20.5 Å². The van der Waals surface area contributed by atoms with Gasteiger partial charge >= 0.3 is 12.1 Å². The number of carbonyl (C=O) groups is 2.